The third-order valence-electron chi connectivity index (χ3n) is 5.03. The van der Waals surface area contributed by atoms with E-state index >= 15 is 0 Å². The standard InChI is InChI=1S/C21H27NO7/c1-3-5-6-16(4-2)19(24)28-14-21(13-23)12-17(20(25)29-21)11-15-7-9-18(10-8-15)22(26)27/h7-11,16,23H,3-6,12-14H2,1-2H3/b17-11+. The summed E-state index contributed by atoms with van der Waals surface area (Å²) in [5.41, 5.74) is -0.449. The number of ether oxygens (including phenoxy) is 2. The Morgan fingerprint density at radius 3 is 2.62 bits per heavy atom. The summed E-state index contributed by atoms with van der Waals surface area (Å²) in [7, 11) is 0. The van der Waals surface area contributed by atoms with Gasteiger partial charge in [0.25, 0.3) is 5.69 Å². The van der Waals surface area contributed by atoms with Gasteiger partial charge in [0.05, 0.1) is 17.4 Å². The van der Waals surface area contributed by atoms with Crippen molar-refractivity contribution in [1.82, 2.24) is 0 Å². The highest BCUT2D eigenvalue weighted by Gasteiger charge is 2.44. The topological polar surface area (TPSA) is 116 Å². The molecule has 0 bridgehead atoms. The van der Waals surface area contributed by atoms with Crippen molar-refractivity contribution >= 4 is 23.7 Å². The van der Waals surface area contributed by atoms with Crippen LogP contribution in [-0.4, -0.2) is 40.8 Å². The molecule has 0 amide bonds. The number of aliphatic hydroxyl groups excluding tert-OH is 1. The van der Waals surface area contributed by atoms with Crippen LogP contribution in [0.1, 0.15) is 51.5 Å². The van der Waals surface area contributed by atoms with Crippen molar-refractivity contribution in [3.63, 3.8) is 0 Å². The van der Waals surface area contributed by atoms with Gasteiger partial charge in [0, 0.05) is 24.1 Å². The molecule has 1 aliphatic heterocycles. The number of cyclic esters (lactones) is 1. The lowest BCUT2D eigenvalue weighted by Crippen LogP contribution is -2.40. The minimum Gasteiger partial charge on any atom is -0.461 e. The first-order chi connectivity index (χ1) is 13.8. The Morgan fingerprint density at radius 2 is 2.07 bits per heavy atom. The van der Waals surface area contributed by atoms with Gasteiger partial charge in [-0.1, -0.05) is 26.7 Å². The van der Waals surface area contributed by atoms with E-state index in [2.05, 4.69) is 6.92 Å². The second-order valence-corrected chi connectivity index (χ2v) is 7.28. The average molecular weight is 405 g/mol. The first-order valence-electron chi connectivity index (χ1n) is 9.80. The largest absolute Gasteiger partial charge is 0.461 e. The summed E-state index contributed by atoms with van der Waals surface area (Å²) in [5, 5.41) is 20.5. The lowest BCUT2D eigenvalue weighted by atomic mass is 9.97. The molecule has 0 saturated carbocycles. The quantitative estimate of drug-likeness (QED) is 0.274. The van der Waals surface area contributed by atoms with Crippen molar-refractivity contribution in [2.24, 2.45) is 5.92 Å². The fraction of sp³-hybridized carbons (Fsp3) is 0.524. The van der Waals surface area contributed by atoms with Gasteiger partial charge in [0.2, 0.25) is 0 Å². The predicted molar refractivity (Wildman–Crippen MR) is 106 cm³/mol. The fourth-order valence-corrected chi connectivity index (χ4v) is 3.19. The predicted octanol–water partition coefficient (Wildman–Crippen LogP) is 3.42. The van der Waals surface area contributed by atoms with E-state index in [1.54, 1.807) is 6.08 Å². The monoisotopic (exact) mass is 405 g/mol. The van der Waals surface area contributed by atoms with Crippen molar-refractivity contribution in [1.29, 1.82) is 0 Å². The van der Waals surface area contributed by atoms with Crippen molar-refractivity contribution in [3.05, 3.63) is 45.5 Å². The molecular formula is C21H27NO7. The van der Waals surface area contributed by atoms with Gasteiger partial charge in [-0.2, -0.15) is 0 Å². The first-order valence-corrected chi connectivity index (χ1v) is 9.80. The van der Waals surface area contributed by atoms with Crippen molar-refractivity contribution in [3.8, 4) is 0 Å². The molecule has 29 heavy (non-hydrogen) atoms. The number of hydrogen-bond donors (Lipinski definition) is 1. The zero-order chi connectivity index (χ0) is 21.4. The zero-order valence-electron chi connectivity index (χ0n) is 16.8. The molecule has 2 atom stereocenters. The summed E-state index contributed by atoms with van der Waals surface area (Å²) in [6.07, 6.45) is 4.95. The van der Waals surface area contributed by atoms with E-state index in [1.807, 2.05) is 6.92 Å². The minimum absolute atomic E-state index is 0.0497. The SMILES string of the molecule is CCCCC(CC)C(=O)OCC1(CO)C/C(=C\c2ccc([N+](=O)[O-])cc2)C(=O)O1. The smallest absolute Gasteiger partial charge is 0.334 e. The normalized spacial score (nSPS) is 21.1. The van der Waals surface area contributed by atoms with Crippen LogP contribution in [0.15, 0.2) is 29.8 Å². The highest BCUT2D eigenvalue weighted by molar-refractivity contribution is 5.96. The van der Waals surface area contributed by atoms with Crippen LogP contribution in [0.3, 0.4) is 0 Å². The maximum atomic E-state index is 12.3. The van der Waals surface area contributed by atoms with Crippen LogP contribution in [-0.2, 0) is 19.1 Å². The third-order valence-corrected chi connectivity index (χ3v) is 5.03. The molecule has 1 fully saturated rings. The van der Waals surface area contributed by atoms with Crippen LogP contribution in [0, 0.1) is 16.0 Å². The molecule has 0 spiro atoms. The molecule has 1 aromatic carbocycles. The van der Waals surface area contributed by atoms with Crippen LogP contribution in [0.5, 0.6) is 0 Å². The molecule has 1 heterocycles. The molecule has 8 nitrogen and oxygen atoms in total. The van der Waals surface area contributed by atoms with Gasteiger partial charge in [0.15, 0.2) is 5.60 Å². The Balaban J connectivity index is 2.06. The summed E-state index contributed by atoms with van der Waals surface area (Å²) >= 11 is 0. The van der Waals surface area contributed by atoms with Gasteiger partial charge in [-0.15, -0.1) is 0 Å². The van der Waals surface area contributed by atoms with E-state index in [0.29, 0.717) is 17.6 Å². The van der Waals surface area contributed by atoms with Crippen LogP contribution < -0.4 is 0 Å². The fourth-order valence-electron chi connectivity index (χ4n) is 3.19. The number of carbonyl (C=O) groups is 2. The van der Waals surface area contributed by atoms with Gasteiger partial charge in [-0.05, 0) is 36.6 Å². The van der Waals surface area contributed by atoms with Crippen molar-refractivity contribution < 1.29 is 29.1 Å². The summed E-state index contributed by atoms with van der Waals surface area (Å²) in [6, 6.07) is 5.73. The molecule has 0 aliphatic carbocycles. The maximum Gasteiger partial charge on any atom is 0.334 e. The van der Waals surface area contributed by atoms with E-state index < -0.39 is 23.1 Å². The highest BCUT2D eigenvalue weighted by atomic mass is 16.6. The first kappa shape index (κ1) is 22.5. The summed E-state index contributed by atoms with van der Waals surface area (Å²) in [6.45, 7) is 3.28. The van der Waals surface area contributed by atoms with Gasteiger partial charge < -0.3 is 14.6 Å². The molecule has 0 aromatic heterocycles. The number of esters is 2. The Bertz CT molecular complexity index is 772. The molecule has 8 heteroatoms. The summed E-state index contributed by atoms with van der Waals surface area (Å²) < 4.78 is 10.7. The lowest BCUT2D eigenvalue weighted by Gasteiger charge is -2.25. The van der Waals surface area contributed by atoms with Gasteiger partial charge >= 0.3 is 11.9 Å². The summed E-state index contributed by atoms with van der Waals surface area (Å²) in [5.74, 6) is -1.16. The number of benzene rings is 1. The van der Waals surface area contributed by atoms with Crippen LogP contribution in [0.2, 0.25) is 0 Å². The Labute approximate surface area is 169 Å². The molecule has 2 unspecified atom stereocenters. The second-order valence-electron chi connectivity index (χ2n) is 7.28. The molecule has 158 valence electrons. The number of nitrogens with zero attached hydrogens (tertiary/aromatic N) is 1. The number of nitro benzene ring substituents is 1. The van der Waals surface area contributed by atoms with Crippen LogP contribution >= 0.6 is 0 Å². The molecule has 1 N–H and O–H groups in total. The molecular weight excluding hydrogens is 378 g/mol. The molecule has 1 aromatic rings. The molecule has 2 rings (SSSR count). The van der Waals surface area contributed by atoms with E-state index in [0.717, 1.165) is 19.3 Å². The van der Waals surface area contributed by atoms with E-state index in [9.17, 15) is 24.8 Å². The highest BCUT2D eigenvalue weighted by Crippen LogP contribution is 2.33. The number of unbranched alkanes of at least 4 members (excludes halogenated alkanes) is 1. The van der Waals surface area contributed by atoms with Gasteiger partial charge in [0.1, 0.15) is 6.61 Å². The summed E-state index contributed by atoms with van der Waals surface area (Å²) in [4.78, 5) is 34.8. The Kier molecular flexibility index (Phi) is 7.90. The van der Waals surface area contributed by atoms with E-state index in [-0.39, 0.29) is 30.6 Å². The molecule has 1 aliphatic rings. The van der Waals surface area contributed by atoms with Crippen LogP contribution in [0.4, 0.5) is 5.69 Å². The van der Waals surface area contributed by atoms with Crippen molar-refractivity contribution in [2.45, 2.75) is 51.6 Å². The number of carbonyl (C=O) groups excluding carboxylic acids is 2. The molecule has 1 saturated heterocycles. The third kappa shape index (κ3) is 5.87. The maximum absolute atomic E-state index is 12.3. The number of nitro groups is 1. The van der Waals surface area contributed by atoms with Gasteiger partial charge in [-0.25, -0.2) is 4.79 Å². The number of rotatable bonds is 10. The Hall–Kier alpha value is -2.74. The number of non-ortho nitro benzene ring substituents is 1. The lowest BCUT2D eigenvalue weighted by molar-refractivity contribution is -0.384. The van der Waals surface area contributed by atoms with E-state index in [1.165, 1.54) is 24.3 Å². The zero-order valence-corrected chi connectivity index (χ0v) is 16.8. The minimum atomic E-state index is -1.30. The number of hydrogen-bond acceptors (Lipinski definition) is 7. The van der Waals surface area contributed by atoms with Crippen LogP contribution in [0.25, 0.3) is 6.08 Å². The number of aliphatic hydroxyl groups is 1. The Morgan fingerprint density at radius 1 is 1.38 bits per heavy atom. The van der Waals surface area contributed by atoms with Gasteiger partial charge in [-0.3, -0.25) is 14.9 Å². The molecule has 0 radical (unpaired) electrons. The second kappa shape index (κ2) is 10.2. The average Bonchev–Trinajstić information content (AvgIpc) is 3.03. The van der Waals surface area contributed by atoms with Crippen molar-refractivity contribution in [2.75, 3.05) is 13.2 Å². The van der Waals surface area contributed by atoms with E-state index in [4.69, 9.17) is 9.47 Å².